The van der Waals surface area contributed by atoms with Crippen molar-refractivity contribution >= 4 is 11.9 Å². The molecular weight excluding hydrogens is 384 g/mol. The summed E-state index contributed by atoms with van der Waals surface area (Å²) in [4.78, 5) is 23.9. The molecule has 1 N–H and O–H groups in total. The van der Waals surface area contributed by atoms with Gasteiger partial charge in [0.25, 0.3) is 0 Å². The van der Waals surface area contributed by atoms with Crippen molar-refractivity contribution in [2.45, 2.75) is 43.8 Å². The minimum atomic E-state index is -0.395. The Morgan fingerprint density at radius 1 is 1.13 bits per heavy atom. The van der Waals surface area contributed by atoms with Gasteiger partial charge in [-0.15, -0.1) is 0 Å². The first-order chi connectivity index (χ1) is 14.6. The van der Waals surface area contributed by atoms with E-state index in [4.69, 9.17) is 14.2 Å². The average molecular weight is 410 g/mol. The van der Waals surface area contributed by atoms with Crippen LogP contribution in [0.2, 0.25) is 0 Å². The van der Waals surface area contributed by atoms with Crippen molar-refractivity contribution < 1.29 is 28.9 Å². The van der Waals surface area contributed by atoms with Crippen LogP contribution in [0.3, 0.4) is 0 Å². The molecule has 0 radical (unpaired) electrons. The number of fused-ring (bicyclic) bond motifs is 3. The van der Waals surface area contributed by atoms with Gasteiger partial charge in [0.15, 0.2) is 0 Å². The third kappa shape index (κ3) is 3.92. The summed E-state index contributed by atoms with van der Waals surface area (Å²) in [5, 5.41) is 10.1. The molecule has 6 nitrogen and oxygen atoms in total. The van der Waals surface area contributed by atoms with Gasteiger partial charge in [0.2, 0.25) is 0 Å². The van der Waals surface area contributed by atoms with Gasteiger partial charge in [-0.25, -0.2) is 4.79 Å². The number of carbonyl (C=O) groups excluding carboxylic acids is 2. The number of methoxy groups -OCH3 is 1. The van der Waals surface area contributed by atoms with E-state index >= 15 is 0 Å². The maximum Gasteiger partial charge on any atom is 0.338 e. The smallest absolute Gasteiger partial charge is 0.338 e. The third-order valence-corrected chi connectivity index (χ3v) is 6.09. The van der Waals surface area contributed by atoms with Crippen molar-refractivity contribution in [3.8, 4) is 5.75 Å². The molecule has 1 aliphatic carbocycles. The van der Waals surface area contributed by atoms with E-state index in [1.165, 1.54) is 7.11 Å². The fraction of sp³-hybridized carbons (Fsp3) is 0.417. The zero-order valence-electron chi connectivity index (χ0n) is 17.0. The van der Waals surface area contributed by atoms with Gasteiger partial charge in [-0.1, -0.05) is 36.4 Å². The molecule has 1 fully saturated rings. The predicted octanol–water partition coefficient (Wildman–Crippen LogP) is 3.26. The molecule has 2 aromatic carbocycles. The van der Waals surface area contributed by atoms with Crippen LogP contribution in [-0.2, 0) is 20.7 Å². The number of para-hydroxylation sites is 1. The van der Waals surface area contributed by atoms with Crippen LogP contribution in [0.1, 0.15) is 46.7 Å². The lowest BCUT2D eigenvalue weighted by Crippen LogP contribution is -2.27. The molecule has 4 atom stereocenters. The van der Waals surface area contributed by atoms with Crippen LogP contribution in [0, 0.1) is 5.92 Å². The van der Waals surface area contributed by atoms with E-state index in [-0.39, 0.29) is 36.5 Å². The van der Waals surface area contributed by atoms with E-state index in [1.54, 1.807) is 24.3 Å². The second kappa shape index (κ2) is 8.88. The molecule has 0 amide bonds. The number of aryl methyl sites for hydroxylation is 1. The Morgan fingerprint density at radius 2 is 1.93 bits per heavy atom. The van der Waals surface area contributed by atoms with Gasteiger partial charge in [0.05, 0.1) is 19.3 Å². The molecule has 0 bridgehead atoms. The summed E-state index contributed by atoms with van der Waals surface area (Å²) in [6.45, 7) is -0.0801. The molecule has 158 valence electrons. The summed E-state index contributed by atoms with van der Waals surface area (Å²) in [6.07, 6.45) is 1.78. The van der Waals surface area contributed by atoms with Crippen LogP contribution in [0.5, 0.6) is 5.75 Å². The fourth-order valence-electron chi connectivity index (χ4n) is 4.64. The van der Waals surface area contributed by atoms with Crippen LogP contribution in [-0.4, -0.2) is 43.0 Å². The van der Waals surface area contributed by atoms with Crippen LogP contribution >= 0.6 is 0 Å². The summed E-state index contributed by atoms with van der Waals surface area (Å²) >= 11 is 0. The number of carbonyl (C=O) groups is 2. The standard InChI is InChI=1S/C24H26O6/c1-28-21(26)12-6-10-15-9-5-11-17-22-18(14-25)19(13-20(22)29-23(15)17)30-24(27)16-7-3-2-4-8-16/h2-5,7-9,11,18-20,22,25H,6,10,12-14H2,1H3/t18?,19?,20-,22+/m1/s1. The fourth-order valence-corrected chi connectivity index (χ4v) is 4.64. The van der Waals surface area contributed by atoms with Gasteiger partial charge < -0.3 is 19.3 Å². The number of aliphatic hydroxyl groups is 1. The Labute approximate surface area is 175 Å². The number of hydrogen-bond acceptors (Lipinski definition) is 6. The molecule has 1 saturated carbocycles. The Bertz CT molecular complexity index is 909. The first kappa shape index (κ1) is 20.4. The van der Waals surface area contributed by atoms with Crippen LogP contribution in [0.25, 0.3) is 0 Å². The number of rotatable bonds is 7. The monoisotopic (exact) mass is 410 g/mol. The normalized spacial score (nSPS) is 23.9. The first-order valence-electron chi connectivity index (χ1n) is 10.3. The Morgan fingerprint density at radius 3 is 2.67 bits per heavy atom. The third-order valence-electron chi connectivity index (χ3n) is 6.09. The Balaban J connectivity index is 1.48. The minimum absolute atomic E-state index is 0.0147. The highest BCUT2D eigenvalue weighted by molar-refractivity contribution is 5.89. The van der Waals surface area contributed by atoms with Crippen molar-refractivity contribution in [1.29, 1.82) is 0 Å². The molecule has 0 spiro atoms. The first-order valence-corrected chi connectivity index (χ1v) is 10.3. The number of aliphatic hydroxyl groups excluding tert-OH is 1. The largest absolute Gasteiger partial charge is 0.489 e. The van der Waals surface area contributed by atoms with Gasteiger partial charge in [-0.3, -0.25) is 4.79 Å². The summed E-state index contributed by atoms with van der Waals surface area (Å²) in [6, 6.07) is 14.9. The SMILES string of the molecule is COC(=O)CCCc1cccc2c1O[C@@H]1CC(OC(=O)c3ccccc3)C(CO)[C@H]21. The van der Waals surface area contributed by atoms with Crippen molar-refractivity contribution in [3.63, 3.8) is 0 Å². The van der Waals surface area contributed by atoms with Gasteiger partial charge >= 0.3 is 11.9 Å². The second-order valence-electron chi connectivity index (χ2n) is 7.84. The van der Waals surface area contributed by atoms with E-state index in [1.807, 2.05) is 24.3 Å². The van der Waals surface area contributed by atoms with Crippen LogP contribution < -0.4 is 4.74 Å². The maximum absolute atomic E-state index is 12.5. The highest BCUT2D eigenvalue weighted by Crippen LogP contribution is 2.52. The van der Waals surface area contributed by atoms with Gasteiger partial charge in [-0.2, -0.15) is 0 Å². The number of ether oxygens (including phenoxy) is 3. The molecule has 0 saturated heterocycles. The minimum Gasteiger partial charge on any atom is -0.489 e. The summed E-state index contributed by atoms with van der Waals surface area (Å²) in [5.41, 5.74) is 2.61. The molecule has 30 heavy (non-hydrogen) atoms. The molecule has 2 aromatic rings. The van der Waals surface area contributed by atoms with E-state index in [9.17, 15) is 14.7 Å². The van der Waals surface area contributed by atoms with Crippen molar-refractivity contribution in [3.05, 3.63) is 65.2 Å². The van der Waals surface area contributed by atoms with E-state index in [2.05, 4.69) is 0 Å². The number of hydrogen-bond donors (Lipinski definition) is 1. The molecule has 2 unspecified atom stereocenters. The average Bonchev–Trinajstić information content (AvgIpc) is 3.30. The van der Waals surface area contributed by atoms with Crippen molar-refractivity contribution in [1.82, 2.24) is 0 Å². The van der Waals surface area contributed by atoms with E-state index in [0.717, 1.165) is 16.9 Å². The predicted molar refractivity (Wildman–Crippen MR) is 109 cm³/mol. The lowest BCUT2D eigenvalue weighted by Gasteiger charge is -2.22. The Hall–Kier alpha value is -2.86. The quantitative estimate of drug-likeness (QED) is 0.706. The van der Waals surface area contributed by atoms with Crippen LogP contribution in [0.4, 0.5) is 0 Å². The Kier molecular flexibility index (Phi) is 6.04. The van der Waals surface area contributed by atoms with E-state index in [0.29, 0.717) is 31.2 Å². The summed E-state index contributed by atoms with van der Waals surface area (Å²) in [7, 11) is 1.39. The molecule has 1 heterocycles. The maximum atomic E-state index is 12.5. The number of benzene rings is 2. The molecule has 4 rings (SSSR count). The van der Waals surface area contributed by atoms with Gasteiger partial charge in [0, 0.05) is 30.2 Å². The highest BCUT2D eigenvalue weighted by Gasteiger charge is 2.51. The molecule has 0 aromatic heterocycles. The zero-order chi connectivity index (χ0) is 21.1. The summed E-state index contributed by atoms with van der Waals surface area (Å²) in [5.74, 6) is 0.0246. The van der Waals surface area contributed by atoms with Gasteiger partial charge in [0.1, 0.15) is 18.0 Å². The molecule has 6 heteroatoms. The van der Waals surface area contributed by atoms with Gasteiger partial charge in [-0.05, 0) is 30.5 Å². The summed E-state index contributed by atoms with van der Waals surface area (Å²) < 4.78 is 16.7. The molecular formula is C24H26O6. The lowest BCUT2D eigenvalue weighted by molar-refractivity contribution is -0.140. The number of esters is 2. The zero-order valence-corrected chi connectivity index (χ0v) is 17.0. The lowest BCUT2D eigenvalue weighted by atomic mass is 9.87. The van der Waals surface area contributed by atoms with Crippen LogP contribution in [0.15, 0.2) is 48.5 Å². The van der Waals surface area contributed by atoms with Crippen molar-refractivity contribution in [2.24, 2.45) is 5.92 Å². The molecule has 2 aliphatic rings. The second-order valence-corrected chi connectivity index (χ2v) is 7.84. The molecule has 1 aliphatic heterocycles. The highest BCUT2D eigenvalue weighted by atomic mass is 16.6. The van der Waals surface area contributed by atoms with Crippen molar-refractivity contribution in [2.75, 3.05) is 13.7 Å². The van der Waals surface area contributed by atoms with E-state index < -0.39 is 6.10 Å². The topological polar surface area (TPSA) is 82.1 Å².